The van der Waals surface area contributed by atoms with E-state index in [1.54, 1.807) is 6.20 Å². The second kappa shape index (κ2) is 6.54. The number of aryl methyl sites for hydroxylation is 1. The lowest BCUT2D eigenvalue weighted by atomic mass is 10.1. The van der Waals surface area contributed by atoms with Crippen LogP contribution in [0.3, 0.4) is 0 Å². The minimum atomic E-state index is 0.248. The van der Waals surface area contributed by atoms with Crippen LogP contribution in [0.15, 0.2) is 18.5 Å². The second-order valence-corrected chi connectivity index (χ2v) is 4.60. The molecule has 1 aromatic rings. The quantitative estimate of drug-likeness (QED) is 0.792. The van der Waals surface area contributed by atoms with Crippen molar-refractivity contribution in [3.05, 3.63) is 18.5 Å². The summed E-state index contributed by atoms with van der Waals surface area (Å²) in [5.74, 6) is 0.248. The molecular formula is C13H21N3O2. The van der Waals surface area contributed by atoms with Crippen molar-refractivity contribution in [2.75, 3.05) is 19.8 Å². The number of carbonyl (C=O) groups excluding carboxylic acids is 1. The SMILES string of the molecule is CC[C@H]1COCCN1C(=O)CCCn1cccn1. The summed E-state index contributed by atoms with van der Waals surface area (Å²) >= 11 is 0. The van der Waals surface area contributed by atoms with Gasteiger partial charge in [-0.15, -0.1) is 0 Å². The zero-order valence-corrected chi connectivity index (χ0v) is 10.9. The van der Waals surface area contributed by atoms with Gasteiger partial charge in [0.15, 0.2) is 0 Å². The van der Waals surface area contributed by atoms with Crippen molar-refractivity contribution in [1.29, 1.82) is 0 Å². The number of rotatable bonds is 5. The number of nitrogens with zero attached hydrogens (tertiary/aromatic N) is 3. The summed E-state index contributed by atoms with van der Waals surface area (Å²) in [5, 5.41) is 4.13. The van der Waals surface area contributed by atoms with Crippen molar-refractivity contribution in [2.24, 2.45) is 0 Å². The minimum Gasteiger partial charge on any atom is -0.377 e. The van der Waals surface area contributed by atoms with Crippen molar-refractivity contribution < 1.29 is 9.53 Å². The molecule has 2 heterocycles. The van der Waals surface area contributed by atoms with Gasteiger partial charge in [0.1, 0.15) is 0 Å². The fourth-order valence-corrected chi connectivity index (χ4v) is 2.29. The summed E-state index contributed by atoms with van der Waals surface area (Å²) in [6.45, 7) is 4.99. The molecule has 18 heavy (non-hydrogen) atoms. The van der Waals surface area contributed by atoms with Crippen LogP contribution >= 0.6 is 0 Å². The minimum absolute atomic E-state index is 0.248. The van der Waals surface area contributed by atoms with Gasteiger partial charge >= 0.3 is 0 Å². The Morgan fingerprint density at radius 1 is 1.56 bits per heavy atom. The molecule has 0 spiro atoms. The van der Waals surface area contributed by atoms with E-state index in [4.69, 9.17) is 4.74 Å². The number of amides is 1. The molecule has 5 nitrogen and oxygen atoms in total. The lowest BCUT2D eigenvalue weighted by Gasteiger charge is -2.35. The maximum Gasteiger partial charge on any atom is 0.223 e. The molecular weight excluding hydrogens is 230 g/mol. The predicted octanol–water partition coefficient (Wildman–Crippen LogP) is 1.30. The highest BCUT2D eigenvalue weighted by Gasteiger charge is 2.25. The number of ether oxygens (including phenoxy) is 1. The molecule has 0 aliphatic carbocycles. The molecule has 0 radical (unpaired) electrons. The summed E-state index contributed by atoms with van der Waals surface area (Å²) in [5.41, 5.74) is 0. The van der Waals surface area contributed by atoms with Gasteiger partial charge < -0.3 is 9.64 Å². The van der Waals surface area contributed by atoms with E-state index in [1.165, 1.54) is 0 Å². The average Bonchev–Trinajstić information content (AvgIpc) is 2.91. The molecule has 1 atom stereocenters. The van der Waals surface area contributed by atoms with Gasteiger partial charge in [-0.05, 0) is 18.9 Å². The molecule has 1 aromatic heterocycles. The lowest BCUT2D eigenvalue weighted by molar-refractivity contribution is -0.140. The maximum atomic E-state index is 12.1. The smallest absolute Gasteiger partial charge is 0.223 e. The van der Waals surface area contributed by atoms with Crippen LogP contribution in [-0.4, -0.2) is 46.4 Å². The van der Waals surface area contributed by atoms with Crippen molar-refractivity contribution in [3.8, 4) is 0 Å². The second-order valence-electron chi connectivity index (χ2n) is 4.60. The standard InChI is InChI=1S/C13H21N3O2/c1-2-12-11-18-10-9-16(12)13(17)5-3-7-15-8-4-6-14-15/h4,6,8,12H,2-3,5,7,9-11H2,1H3/t12-/m0/s1. The van der Waals surface area contributed by atoms with Crippen LogP contribution in [0.1, 0.15) is 26.2 Å². The highest BCUT2D eigenvalue weighted by Crippen LogP contribution is 2.12. The number of hydrogen-bond donors (Lipinski definition) is 0. The summed E-state index contributed by atoms with van der Waals surface area (Å²) in [7, 11) is 0. The van der Waals surface area contributed by atoms with Gasteiger partial charge in [-0.1, -0.05) is 6.92 Å². The molecule has 1 fully saturated rings. The lowest BCUT2D eigenvalue weighted by Crippen LogP contribution is -2.48. The molecule has 1 amide bonds. The molecule has 1 aliphatic heterocycles. The van der Waals surface area contributed by atoms with Crippen LogP contribution in [0.2, 0.25) is 0 Å². The van der Waals surface area contributed by atoms with E-state index in [0.29, 0.717) is 19.6 Å². The maximum absolute atomic E-state index is 12.1. The van der Waals surface area contributed by atoms with Gasteiger partial charge in [-0.2, -0.15) is 5.10 Å². The molecule has 0 aromatic carbocycles. The number of carbonyl (C=O) groups is 1. The Morgan fingerprint density at radius 3 is 3.17 bits per heavy atom. The number of morpholine rings is 1. The first-order valence-electron chi connectivity index (χ1n) is 6.66. The first-order valence-corrected chi connectivity index (χ1v) is 6.66. The molecule has 0 N–H and O–H groups in total. The summed E-state index contributed by atoms with van der Waals surface area (Å²) in [6.07, 6.45) is 6.08. The fraction of sp³-hybridized carbons (Fsp3) is 0.692. The molecule has 1 aliphatic rings. The van der Waals surface area contributed by atoms with Gasteiger partial charge in [0.2, 0.25) is 5.91 Å². The van der Waals surface area contributed by atoms with Crippen LogP contribution in [0, 0.1) is 0 Å². The topological polar surface area (TPSA) is 47.4 Å². The third kappa shape index (κ3) is 3.32. The zero-order chi connectivity index (χ0) is 12.8. The van der Waals surface area contributed by atoms with E-state index < -0.39 is 0 Å². The van der Waals surface area contributed by atoms with Crippen LogP contribution < -0.4 is 0 Å². The van der Waals surface area contributed by atoms with E-state index in [-0.39, 0.29) is 11.9 Å². The molecule has 0 unspecified atom stereocenters. The van der Waals surface area contributed by atoms with E-state index >= 15 is 0 Å². The highest BCUT2D eigenvalue weighted by atomic mass is 16.5. The van der Waals surface area contributed by atoms with Crippen LogP contribution in [0.25, 0.3) is 0 Å². The Morgan fingerprint density at radius 2 is 2.44 bits per heavy atom. The molecule has 5 heteroatoms. The van der Waals surface area contributed by atoms with Gasteiger partial charge in [-0.25, -0.2) is 0 Å². The Bertz CT molecular complexity index is 364. The third-order valence-corrected chi connectivity index (χ3v) is 3.36. The average molecular weight is 251 g/mol. The summed E-state index contributed by atoms with van der Waals surface area (Å²) < 4.78 is 7.27. The monoisotopic (exact) mass is 251 g/mol. The molecule has 100 valence electrons. The van der Waals surface area contributed by atoms with E-state index in [1.807, 2.05) is 21.8 Å². The predicted molar refractivity (Wildman–Crippen MR) is 68.1 cm³/mol. The van der Waals surface area contributed by atoms with Crippen molar-refractivity contribution in [3.63, 3.8) is 0 Å². The van der Waals surface area contributed by atoms with Gasteiger partial charge in [0.05, 0.1) is 19.3 Å². The Labute approximate surface area is 108 Å². The van der Waals surface area contributed by atoms with Gasteiger partial charge in [-0.3, -0.25) is 9.48 Å². The Balaban J connectivity index is 1.76. The number of hydrogen-bond acceptors (Lipinski definition) is 3. The third-order valence-electron chi connectivity index (χ3n) is 3.36. The molecule has 1 saturated heterocycles. The first kappa shape index (κ1) is 13.1. The Hall–Kier alpha value is -1.36. The summed E-state index contributed by atoms with van der Waals surface area (Å²) in [4.78, 5) is 14.1. The van der Waals surface area contributed by atoms with Crippen LogP contribution in [-0.2, 0) is 16.1 Å². The van der Waals surface area contributed by atoms with Crippen molar-refractivity contribution >= 4 is 5.91 Å². The largest absolute Gasteiger partial charge is 0.377 e. The first-order chi connectivity index (χ1) is 8.81. The van der Waals surface area contributed by atoms with Crippen LogP contribution in [0.5, 0.6) is 0 Å². The van der Waals surface area contributed by atoms with Gasteiger partial charge in [0, 0.05) is 31.9 Å². The Kier molecular flexibility index (Phi) is 4.75. The molecule has 0 bridgehead atoms. The van der Waals surface area contributed by atoms with E-state index in [9.17, 15) is 4.79 Å². The zero-order valence-electron chi connectivity index (χ0n) is 10.9. The molecule has 0 saturated carbocycles. The van der Waals surface area contributed by atoms with E-state index in [0.717, 1.165) is 25.9 Å². The fourth-order valence-electron chi connectivity index (χ4n) is 2.29. The molecule has 2 rings (SSSR count). The number of aromatic nitrogens is 2. The summed E-state index contributed by atoms with van der Waals surface area (Å²) in [6, 6.07) is 2.16. The van der Waals surface area contributed by atoms with E-state index in [2.05, 4.69) is 12.0 Å². The van der Waals surface area contributed by atoms with Crippen molar-refractivity contribution in [1.82, 2.24) is 14.7 Å². The van der Waals surface area contributed by atoms with Crippen LogP contribution in [0.4, 0.5) is 0 Å². The van der Waals surface area contributed by atoms with Gasteiger partial charge in [0.25, 0.3) is 0 Å². The highest BCUT2D eigenvalue weighted by molar-refractivity contribution is 5.76. The normalized spacial score (nSPS) is 20.1. The van der Waals surface area contributed by atoms with Crippen molar-refractivity contribution in [2.45, 2.75) is 38.8 Å².